The summed E-state index contributed by atoms with van der Waals surface area (Å²) in [6.45, 7) is 4.67. The van der Waals surface area contributed by atoms with Gasteiger partial charge in [-0.1, -0.05) is 24.9 Å². The van der Waals surface area contributed by atoms with Crippen molar-refractivity contribution in [2.45, 2.75) is 70.6 Å². The first-order valence-electron chi connectivity index (χ1n) is 9.38. The molecule has 1 spiro atoms. The lowest BCUT2D eigenvalue weighted by molar-refractivity contribution is -0.295. The van der Waals surface area contributed by atoms with Gasteiger partial charge >= 0.3 is 0 Å². The van der Waals surface area contributed by atoms with Crippen molar-refractivity contribution in [3.8, 4) is 0 Å². The van der Waals surface area contributed by atoms with Gasteiger partial charge in [-0.2, -0.15) is 0 Å². The van der Waals surface area contributed by atoms with Gasteiger partial charge in [0.15, 0.2) is 5.79 Å². The van der Waals surface area contributed by atoms with Crippen LogP contribution in [-0.4, -0.2) is 17.3 Å². The van der Waals surface area contributed by atoms with Crippen molar-refractivity contribution in [1.29, 1.82) is 0 Å². The molecule has 0 aliphatic carbocycles. The highest BCUT2D eigenvalue weighted by molar-refractivity contribution is 7.12. The zero-order chi connectivity index (χ0) is 18.3. The molecule has 1 aromatic heterocycles. The van der Waals surface area contributed by atoms with Gasteiger partial charge in [0.25, 0.3) is 0 Å². The first-order valence-corrected chi connectivity index (χ1v) is 10.6. The number of benzene rings is 1. The zero-order valence-corrected chi connectivity index (χ0v) is 16.8. The molecule has 0 saturated carbocycles. The van der Waals surface area contributed by atoms with E-state index in [2.05, 4.69) is 25.1 Å². The number of fused-ring (bicyclic) bond motifs is 2. The van der Waals surface area contributed by atoms with Gasteiger partial charge in [0, 0.05) is 33.2 Å². The van der Waals surface area contributed by atoms with Crippen LogP contribution in [0, 0.1) is 0 Å². The molecule has 3 atom stereocenters. The Morgan fingerprint density at radius 2 is 2.12 bits per heavy atom. The summed E-state index contributed by atoms with van der Waals surface area (Å²) in [5.74, 6) is -0.825. The quantitative estimate of drug-likeness (QED) is 0.778. The van der Waals surface area contributed by atoms with Crippen LogP contribution in [0.3, 0.4) is 0 Å². The minimum Gasteiger partial charge on any atom is -0.393 e. The minimum atomic E-state index is -0.825. The fourth-order valence-electron chi connectivity index (χ4n) is 4.09. The lowest BCUT2D eigenvalue weighted by atomic mass is 9.90. The molecule has 1 aromatic carbocycles. The van der Waals surface area contributed by atoms with Gasteiger partial charge in [-0.25, -0.2) is 0 Å². The Balaban J connectivity index is 1.65. The van der Waals surface area contributed by atoms with Crippen LogP contribution >= 0.6 is 22.9 Å². The number of hydrogen-bond acceptors (Lipinski definition) is 4. The zero-order valence-electron chi connectivity index (χ0n) is 15.3. The molecular weight excluding hydrogens is 368 g/mol. The summed E-state index contributed by atoms with van der Waals surface area (Å²) < 4.78 is 12.2. The van der Waals surface area contributed by atoms with E-state index in [4.69, 9.17) is 21.1 Å². The van der Waals surface area contributed by atoms with Gasteiger partial charge in [0.2, 0.25) is 0 Å². The van der Waals surface area contributed by atoms with Crippen LogP contribution in [0.4, 0.5) is 0 Å². The molecule has 2 aliphatic heterocycles. The molecule has 5 heteroatoms. The van der Waals surface area contributed by atoms with Crippen molar-refractivity contribution < 1.29 is 14.6 Å². The predicted octanol–water partition coefficient (Wildman–Crippen LogP) is 5.19. The number of ether oxygens (including phenoxy) is 2. The van der Waals surface area contributed by atoms with E-state index in [1.165, 1.54) is 9.75 Å². The number of aliphatic hydroxyl groups excluding tert-OH is 1. The molecule has 2 aliphatic rings. The van der Waals surface area contributed by atoms with E-state index in [-0.39, 0.29) is 6.10 Å². The number of rotatable bonds is 4. The molecule has 0 amide bonds. The van der Waals surface area contributed by atoms with Crippen molar-refractivity contribution in [1.82, 2.24) is 0 Å². The highest BCUT2D eigenvalue weighted by Gasteiger charge is 2.47. The maximum absolute atomic E-state index is 10.3. The minimum absolute atomic E-state index is 0.0299. The molecule has 26 heavy (non-hydrogen) atoms. The van der Waals surface area contributed by atoms with Gasteiger partial charge in [-0.15, -0.1) is 11.3 Å². The van der Waals surface area contributed by atoms with Gasteiger partial charge in [0.1, 0.15) is 0 Å². The van der Waals surface area contributed by atoms with E-state index >= 15 is 0 Å². The average Bonchev–Trinajstić information content (AvgIpc) is 3.13. The average molecular weight is 393 g/mol. The molecule has 140 valence electrons. The molecule has 3 nitrogen and oxygen atoms in total. The summed E-state index contributed by atoms with van der Waals surface area (Å²) in [6, 6.07) is 8.57. The Bertz CT molecular complexity index is 791. The third-order valence-electron chi connectivity index (χ3n) is 5.22. The van der Waals surface area contributed by atoms with Crippen molar-refractivity contribution in [3.63, 3.8) is 0 Å². The summed E-state index contributed by atoms with van der Waals surface area (Å²) in [4.78, 5) is 2.74. The second kappa shape index (κ2) is 7.25. The normalized spacial score (nSPS) is 27.8. The van der Waals surface area contributed by atoms with Gasteiger partial charge in [-0.3, -0.25) is 0 Å². The van der Waals surface area contributed by atoms with Crippen LogP contribution in [0.2, 0.25) is 5.02 Å². The Labute approximate surface area is 163 Å². The monoisotopic (exact) mass is 392 g/mol. The van der Waals surface area contributed by atoms with Crippen molar-refractivity contribution in [2.75, 3.05) is 0 Å². The SMILES string of the molecule is CCCc1ccc(Cc2cc3c(cc2Cl)CO[C@@]32CC(O)CC(C)O2)s1. The largest absolute Gasteiger partial charge is 0.393 e. The van der Waals surface area contributed by atoms with E-state index in [9.17, 15) is 5.11 Å². The van der Waals surface area contributed by atoms with E-state index in [0.29, 0.717) is 19.4 Å². The molecule has 1 saturated heterocycles. The highest BCUT2D eigenvalue weighted by atomic mass is 35.5. The fraction of sp³-hybridized carbons (Fsp3) is 0.524. The van der Waals surface area contributed by atoms with E-state index in [1.54, 1.807) is 0 Å². The third kappa shape index (κ3) is 3.46. The molecule has 0 radical (unpaired) electrons. The van der Waals surface area contributed by atoms with Crippen LogP contribution in [-0.2, 0) is 34.7 Å². The standard InChI is InChI=1S/C21H25ClO3S/c1-3-4-17-5-6-18(26-17)8-14-9-19-15(10-20(14)22)12-24-21(19)11-16(23)7-13(2)25-21/h5-6,9-10,13,16,23H,3-4,7-8,11-12H2,1-2H3/t13?,16?,21-/m1/s1. The molecule has 0 bridgehead atoms. The number of aryl methyl sites for hydroxylation is 1. The predicted molar refractivity (Wildman–Crippen MR) is 105 cm³/mol. The third-order valence-corrected chi connectivity index (χ3v) is 6.72. The molecule has 3 heterocycles. The van der Waals surface area contributed by atoms with Gasteiger partial charge < -0.3 is 14.6 Å². The van der Waals surface area contributed by atoms with Crippen LogP contribution < -0.4 is 0 Å². The number of aliphatic hydroxyl groups is 1. The fourth-order valence-corrected chi connectivity index (χ4v) is 5.49. The number of halogens is 1. The van der Waals surface area contributed by atoms with Crippen LogP contribution in [0.5, 0.6) is 0 Å². The van der Waals surface area contributed by atoms with E-state index in [0.717, 1.165) is 41.0 Å². The number of hydrogen-bond donors (Lipinski definition) is 1. The topological polar surface area (TPSA) is 38.7 Å². The molecule has 1 N–H and O–H groups in total. The molecule has 1 fully saturated rings. The summed E-state index contributed by atoms with van der Waals surface area (Å²) in [7, 11) is 0. The van der Waals surface area contributed by atoms with Crippen molar-refractivity contribution in [2.24, 2.45) is 0 Å². The second-order valence-electron chi connectivity index (χ2n) is 7.46. The van der Waals surface area contributed by atoms with E-state index < -0.39 is 11.9 Å². The summed E-state index contributed by atoms with van der Waals surface area (Å²) in [5, 5.41) is 11.0. The Hall–Kier alpha value is -0.910. The highest BCUT2D eigenvalue weighted by Crippen LogP contribution is 2.47. The first-order chi connectivity index (χ1) is 12.5. The molecular formula is C21H25ClO3S. The van der Waals surface area contributed by atoms with Crippen molar-refractivity contribution >= 4 is 22.9 Å². The Kier molecular flexibility index (Phi) is 5.15. The summed E-state index contributed by atoms with van der Waals surface area (Å²) in [5.41, 5.74) is 3.20. The maximum Gasteiger partial charge on any atom is 0.198 e. The lowest BCUT2D eigenvalue weighted by Crippen LogP contribution is -2.43. The Morgan fingerprint density at radius 3 is 2.88 bits per heavy atom. The van der Waals surface area contributed by atoms with Gasteiger partial charge in [-0.05, 0) is 55.2 Å². The Morgan fingerprint density at radius 1 is 1.31 bits per heavy atom. The number of thiophene rings is 1. The second-order valence-corrected chi connectivity index (χ2v) is 9.12. The van der Waals surface area contributed by atoms with Crippen LogP contribution in [0.25, 0.3) is 0 Å². The summed E-state index contributed by atoms with van der Waals surface area (Å²) >= 11 is 8.43. The summed E-state index contributed by atoms with van der Waals surface area (Å²) in [6.07, 6.45) is 3.80. The maximum atomic E-state index is 10.3. The van der Waals surface area contributed by atoms with Crippen LogP contribution in [0.15, 0.2) is 24.3 Å². The van der Waals surface area contributed by atoms with Crippen LogP contribution in [0.1, 0.15) is 59.6 Å². The van der Waals surface area contributed by atoms with Crippen molar-refractivity contribution in [3.05, 3.63) is 55.7 Å². The smallest absolute Gasteiger partial charge is 0.198 e. The lowest BCUT2D eigenvalue weighted by Gasteiger charge is -2.39. The molecule has 2 unspecified atom stereocenters. The van der Waals surface area contributed by atoms with E-state index in [1.807, 2.05) is 24.3 Å². The molecule has 4 rings (SSSR count). The van der Waals surface area contributed by atoms with Gasteiger partial charge in [0.05, 0.1) is 18.8 Å². The molecule has 2 aromatic rings. The first kappa shape index (κ1) is 18.5.